The highest BCUT2D eigenvalue weighted by Gasteiger charge is 2.27. The molecule has 4 rings (SSSR count). The molecule has 2 aromatic heterocycles. The van der Waals surface area contributed by atoms with Crippen LogP contribution in [0.25, 0.3) is 0 Å². The van der Waals surface area contributed by atoms with Gasteiger partial charge in [0.1, 0.15) is 18.0 Å². The molecule has 3 aromatic rings. The van der Waals surface area contributed by atoms with Crippen molar-refractivity contribution in [3.63, 3.8) is 0 Å². The average Bonchev–Trinajstić information content (AvgIpc) is 2.84. The van der Waals surface area contributed by atoms with Crippen molar-refractivity contribution in [2.75, 3.05) is 18.0 Å². The van der Waals surface area contributed by atoms with Crippen LogP contribution >= 0.6 is 15.9 Å². The summed E-state index contributed by atoms with van der Waals surface area (Å²) in [5, 5.41) is 0. The minimum Gasteiger partial charge on any atom is -0.484 e. The molecule has 0 bridgehead atoms. The molecule has 9 heteroatoms. The van der Waals surface area contributed by atoms with Crippen molar-refractivity contribution >= 4 is 27.8 Å². The molecule has 190 valence electrons. The topological polar surface area (TPSA) is 90.3 Å². The number of benzene rings is 1. The number of carbonyl (C=O) groups is 1. The molecule has 1 aliphatic heterocycles. The third-order valence-corrected chi connectivity index (χ3v) is 6.28. The van der Waals surface area contributed by atoms with Crippen LogP contribution in [0, 0.1) is 12.8 Å². The van der Waals surface area contributed by atoms with Crippen molar-refractivity contribution in [1.29, 1.82) is 0 Å². The second-order valence-electron chi connectivity index (χ2n) is 10.0. The van der Waals surface area contributed by atoms with Crippen LogP contribution in [0.5, 0.6) is 5.75 Å². The maximum absolute atomic E-state index is 13.1. The van der Waals surface area contributed by atoms with E-state index >= 15 is 0 Å². The number of piperidine rings is 1. The number of hydrogen-bond acceptors (Lipinski definition) is 8. The lowest BCUT2D eigenvalue weighted by Crippen LogP contribution is -2.35. The highest BCUT2D eigenvalue weighted by molar-refractivity contribution is 9.10. The Hall–Kier alpha value is -3.07. The number of aryl methyl sites for hydroxylation is 1. The van der Waals surface area contributed by atoms with E-state index < -0.39 is 11.6 Å². The van der Waals surface area contributed by atoms with E-state index in [4.69, 9.17) is 14.5 Å². The molecule has 1 saturated heterocycles. The predicted molar refractivity (Wildman–Crippen MR) is 141 cm³/mol. The van der Waals surface area contributed by atoms with Crippen molar-refractivity contribution in [1.82, 2.24) is 19.9 Å². The van der Waals surface area contributed by atoms with E-state index in [9.17, 15) is 4.79 Å². The fourth-order valence-electron chi connectivity index (χ4n) is 4.14. The standard InChI is InChI=1S/C27H32BrN5O3/c1-18-24(35-17-20-8-6-5-7-9-20)23(25(34)36-27(2,3)4)32-22(31-18)14-19-10-12-33(13-11-19)26-29-15-21(28)16-30-26/h5-9,15-16,19H,10-14,17H2,1-4H3. The largest absolute Gasteiger partial charge is 0.484 e. The van der Waals surface area contributed by atoms with Gasteiger partial charge < -0.3 is 14.4 Å². The Labute approximate surface area is 220 Å². The molecule has 1 fully saturated rings. The lowest BCUT2D eigenvalue weighted by molar-refractivity contribution is 0.00572. The molecule has 1 aliphatic rings. The number of ether oxygens (including phenoxy) is 2. The van der Waals surface area contributed by atoms with Gasteiger partial charge in [-0.1, -0.05) is 30.3 Å². The number of esters is 1. The highest BCUT2D eigenvalue weighted by Crippen LogP contribution is 2.28. The van der Waals surface area contributed by atoms with Crippen LogP contribution in [0.2, 0.25) is 0 Å². The number of aromatic nitrogens is 4. The summed E-state index contributed by atoms with van der Waals surface area (Å²) in [5.74, 6) is 1.66. The fourth-order valence-corrected chi connectivity index (χ4v) is 4.35. The Balaban J connectivity index is 1.49. The van der Waals surface area contributed by atoms with Gasteiger partial charge in [-0.2, -0.15) is 0 Å². The summed E-state index contributed by atoms with van der Waals surface area (Å²) >= 11 is 3.38. The van der Waals surface area contributed by atoms with E-state index in [0.717, 1.165) is 41.9 Å². The van der Waals surface area contributed by atoms with Crippen LogP contribution in [0.3, 0.4) is 0 Å². The molecular formula is C27H32BrN5O3. The molecule has 0 radical (unpaired) electrons. The number of anilines is 1. The van der Waals surface area contributed by atoms with Gasteiger partial charge in [-0.15, -0.1) is 0 Å². The van der Waals surface area contributed by atoms with Gasteiger partial charge in [0.25, 0.3) is 0 Å². The van der Waals surface area contributed by atoms with Crippen LogP contribution in [0.1, 0.15) is 61.2 Å². The minimum atomic E-state index is -0.644. The van der Waals surface area contributed by atoms with Crippen LogP contribution in [0.4, 0.5) is 5.95 Å². The molecule has 0 saturated carbocycles. The maximum Gasteiger partial charge on any atom is 0.361 e. The number of rotatable bonds is 7. The minimum absolute atomic E-state index is 0.184. The quantitative estimate of drug-likeness (QED) is 0.362. The maximum atomic E-state index is 13.1. The van der Waals surface area contributed by atoms with E-state index in [0.29, 0.717) is 36.2 Å². The SMILES string of the molecule is Cc1nc(CC2CCN(c3ncc(Br)cn3)CC2)nc(C(=O)OC(C)(C)C)c1OCc1ccccc1. The number of carbonyl (C=O) groups excluding carboxylic acids is 1. The van der Waals surface area contributed by atoms with Gasteiger partial charge in [0, 0.05) is 31.9 Å². The molecule has 0 N–H and O–H groups in total. The van der Waals surface area contributed by atoms with Crippen molar-refractivity contribution < 1.29 is 14.3 Å². The molecular weight excluding hydrogens is 522 g/mol. The first-order chi connectivity index (χ1) is 17.2. The molecule has 0 spiro atoms. The third-order valence-electron chi connectivity index (χ3n) is 5.87. The summed E-state index contributed by atoms with van der Waals surface area (Å²) < 4.78 is 12.6. The van der Waals surface area contributed by atoms with Gasteiger partial charge in [-0.25, -0.2) is 24.7 Å². The van der Waals surface area contributed by atoms with Crippen LogP contribution in [-0.4, -0.2) is 44.6 Å². The normalized spacial score (nSPS) is 14.5. The molecule has 3 heterocycles. The summed E-state index contributed by atoms with van der Waals surface area (Å²) in [6.07, 6.45) is 6.16. The third kappa shape index (κ3) is 7.00. The Morgan fingerprint density at radius 2 is 1.75 bits per heavy atom. The predicted octanol–water partition coefficient (Wildman–Crippen LogP) is 5.33. The van der Waals surface area contributed by atoms with Gasteiger partial charge in [0.2, 0.25) is 5.95 Å². The first kappa shape index (κ1) is 26.0. The zero-order chi connectivity index (χ0) is 25.7. The van der Waals surface area contributed by atoms with Gasteiger partial charge in [-0.05, 0) is 67.9 Å². The van der Waals surface area contributed by atoms with Crippen LogP contribution in [0.15, 0.2) is 47.2 Å². The molecule has 0 amide bonds. The molecule has 8 nitrogen and oxygen atoms in total. The van der Waals surface area contributed by atoms with E-state index in [1.807, 2.05) is 58.0 Å². The molecule has 36 heavy (non-hydrogen) atoms. The lowest BCUT2D eigenvalue weighted by Gasteiger charge is -2.31. The summed E-state index contributed by atoms with van der Waals surface area (Å²) in [5.41, 5.74) is 1.17. The van der Waals surface area contributed by atoms with E-state index in [2.05, 4.69) is 35.8 Å². The summed E-state index contributed by atoms with van der Waals surface area (Å²) in [4.78, 5) is 33.5. The molecule has 0 unspecified atom stereocenters. The average molecular weight is 554 g/mol. The summed E-state index contributed by atoms with van der Waals surface area (Å²) in [6.45, 7) is 9.42. The molecule has 0 aliphatic carbocycles. The molecule has 0 atom stereocenters. The number of nitrogens with zero attached hydrogens (tertiary/aromatic N) is 5. The number of hydrogen-bond donors (Lipinski definition) is 0. The van der Waals surface area contributed by atoms with Gasteiger partial charge in [0.05, 0.1) is 10.2 Å². The van der Waals surface area contributed by atoms with E-state index in [1.54, 1.807) is 12.4 Å². The second-order valence-corrected chi connectivity index (χ2v) is 10.9. The van der Waals surface area contributed by atoms with Crippen molar-refractivity contribution in [3.8, 4) is 5.75 Å². The van der Waals surface area contributed by atoms with Crippen LogP contribution in [-0.2, 0) is 17.8 Å². The first-order valence-corrected chi connectivity index (χ1v) is 13.0. The Morgan fingerprint density at radius 3 is 2.39 bits per heavy atom. The van der Waals surface area contributed by atoms with E-state index in [-0.39, 0.29) is 5.69 Å². The smallest absolute Gasteiger partial charge is 0.361 e. The van der Waals surface area contributed by atoms with Crippen molar-refractivity contribution in [2.24, 2.45) is 5.92 Å². The Morgan fingerprint density at radius 1 is 1.08 bits per heavy atom. The lowest BCUT2D eigenvalue weighted by atomic mass is 9.93. The Bertz CT molecular complexity index is 1170. The summed E-state index contributed by atoms with van der Waals surface area (Å²) in [6, 6.07) is 9.81. The van der Waals surface area contributed by atoms with E-state index in [1.165, 1.54) is 0 Å². The van der Waals surface area contributed by atoms with Crippen LogP contribution < -0.4 is 9.64 Å². The molecule has 1 aromatic carbocycles. The zero-order valence-electron chi connectivity index (χ0n) is 21.2. The van der Waals surface area contributed by atoms with Crippen molar-refractivity contribution in [3.05, 3.63) is 70.0 Å². The van der Waals surface area contributed by atoms with Gasteiger partial charge in [-0.3, -0.25) is 0 Å². The van der Waals surface area contributed by atoms with Gasteiger partial charge >= 0.3 is 5.97 Å². The zero-order valence-corrected chi connectivity index (χ0v) is 22.8. The highest BCUT2D eigenvalue weighted by atomic mass is 79.9. The second kappa shape index (κ2) is 11.3. The number of halogens is 1. The first-order valence-electron chi connectivity index (χ1n) is 12.2. The van der Waals surface area contributed by atoms with Crippen molar-refractivity contribution in [2.45, 2.75) is 59.2 Å². The monoisotopic (exact) mass is 553 g/mol. The Kier molecular flexibility index (Phi) is 8.18. The fraction of sp³-hybridized carbons (Fsp3) is 0.444. The van der Waals surface area contributed by atoms with Gasteiger partial charge in [0.15, 0.2) is 11.4 Å². The summed E-state index contributed by atoms with van der Waals surface area (Å²) in [7, 11) is 0.